The van der Waals surface area contributed by atoms with Gasteiger partial charge >= 0.3 is 0 Å². The van der Waals surface area contributed by atoms with Crippen LogP contribution in [-0.4, -0.2) is 24.5 Å². The molecule has 0 radical (unpaired) electrons. The zero-order valence-electron chi connectivity index (χ0n) is 10.4. The number of aromatic nitrogens is 2. The van der Waals surface area contributed by atoms with Crippen molar-refractivity contribution in [3.63, 3.8) is 0 Å². The molecule has 1 N–H and O–H groups in total. The number of benzene rings is 1. The first-order valence-electron chi connectivity index (χ1n) is 5.70. The number of hydrogen-bond acceptors (Lipinski definition) is 3. The molecular formula is C12H14BrN3O2S. The molecule has 102 valence electrons. The van der Waals surface area contributed by atoms with Crippen molar-refractivity contribution in [3.8, 4) is 0 Å². The molecule has 5 nitrogen and oxygen atoms in total. The Morgan fingerprint density at radius 2 is 2.16 bits per heavy atom. The Balaban J connectivity index is 2.05. The summed E-state index contributed by atoms with van der Waals surface area (Å²) in [6.07, 6.45) is 5.10. The summed E-state index contributed by atoms with van der Waals surface area (Å²) in [5.41, 5.74) is 0.893. The maximum absolute atomic E-state index is 12.1. The van der Waals surface area contributed by atoms with Crippen molar-refractivity contribution in [2.24, 2.45) is 0 Å². The van der Waals surface area contributed by atoms with Gasteiger partial charge in [-0.3, -0.25) is 0 Å². The van der Waals surface area contributed by atoms with Crippen LogP contribution in [0.15, 0.2) is 46.3 Å². The average molecular weight is 344 g/mol. The zero-order chi connectivity index (χ0) is 13.9. The van der Waals surface area contributed by atoms with Crippen LogP contribution >= 0.6 is 15.9 Å². The molecule has 7 heteroatoms. The van der Waals surface area contributed by atoms with Crippen molar-refractivity contribution in [2.75, 3.05) is 6.54 Å². The van der Waals surface area contributed by atoms with E-state index in [-0.39, 0.29) is 4.90 Å². The van der Waals surface area contributed by atoms with Gasteiger partial charge in [0.15, 0.2) is 0 Å². The van der Waals surface area contributed by atoms with Crippen molar-refractivity contribution in [1.29, 1.82) is 0 Å². The fraction of sp³-hybridized carbons (Fsp3) is 0.250. The summed E-state index contributed by atoms with van der Waals surface area (Å²) in [5, 5.41) is 0. The summed E-state index contributed by atoms with van der Waals surface area (Å²) in [4.78, 5) is 4.17. The van der Waals surface area contributed by atoms with Crippen LogP contribution in [0.2, 0.25) is 0 Å². The summed E-state index contributed by atoms with van der Waals surface area (Å²) in [6.45, 7) is 2.73. The highest BCUT2D eigenvalue weighted by Gasteiger charge is 2.14. The number of hydrogen-bond donors (Lipinski definition) is 1. The molecule has 0 aliphatic rings. The van der Waals surface area contributed by atoms with Crippen molar-refractivity contribution in [2.45, 2.75) is 18.4 Å². The van der Waals surface area contributed by atoms with Gasteiger partial charge < -0.3 is 4.57 Å². The molecule has 2 rings (SSSR count). The third-order valence-electron chi connectivity index (χ3n) is 2.55. The van der Waals surface area contributed by atoms with Gasteiger partial charge in [0.05, 0.1) is 11.2 Å². The van der Waals surface area contributed by atoms with Crippen LogP contribution in [0.5, 0.6) is 0 Å². The van der Waals surface area contributed by atoms with Crippen molar-refractivity contribution in [1.82, 2.24) is 14.3 Å². The van der Waals surface area contributed by atoms with E-state index < -0.39 is 10.0 Å². The van der Waals surface area contributed by atoms with Gasteiger partial charge in [0.25, 0.3) is 0 Å². The number of sulfonamides is 1. The number of imidazole rings is 1. The molecule has 0 saturated carbocycles. The molecule has 0 atom stereocenters. The van der Waals surface area contributed by atoms with Gasteiger partial charge in [-0.15, -0.1) is 0 Å². The number of aryl methyl sites for hydroxylation is 1. The summed E-state index contributed by atoms with van der Waals surface area (Å²) < 4.78 is 29.4. The van der Waals surface area contributed by atoms with Gasteiger partial charge in [-0.2, -0.15) is 0 Å². The highest BCUT2D eigenvalue weighted by molar-refractivity contribution is 9.10. The molecule has 0 fully saturated rings. The first-order valence-corrected chi connectivity index (χ1v) is 7.97. The number of nitrogens with zero attached hydrogens (tertiary/aromatic N) is 2. The lowest BCUT2D eigenvalue weighted by Crippen LogP contribution is -2.27. The van der Waals surface area contributed by atoms with E-state index in [1.165, 1.54) is 0 Å². The molecule has 0 aliphatic carbocycles. The normalized spacial score (nSPS) is 11.7. The van der Waals surface area contributed by atoms with Crippen LogP contribution in [0.4, 0.5) is 0 Å². The Morgan fingerprint density at radius 3 is 2.79 bits per heavy atom. The summed E-state index contributed by atoms with van der Waals surface area (Å²) in [5.74, 6) is 0. The lowest BCUT2D eigenvalue weighted by molar-refractivity contribution is 0.572. The SMILES string of the molecule is Cc1cc(Br)cc(S(=O)(=O)NCCn2ccnc2)c1. The second-order valence-corrected chi connectivity index (χ2v) is 6.85. The second-order valence-electron chi connectivity index (χ2n) is 4.16. The quantitative estimate of drug-likeness (QED) is 0.902. The van der Waals surface area contributed by atoms with E-state index in [1.807, 2.05) is 17.6 Å². The van der Waals surface area contributed by atoms with E-state index in [0.29, 0.717) is 13.1 Å². The van der Waals surface area contributed by atoms with Gasteiger partial charge in [-0.25, -0.2) is 18.1 Å². The Hall–Kier alpha value is -1.18. The highest BCUT2D eigenvalue weighted by atomic mass is 79.9. The van der Waals surface area contributed by atoms with E-state index in [0.717, 1.165) is 10.0 Å². The third kappa shape index (κ3) is 3.89. The summed E-state index contributed by atoms with van der Waals surface area (Å²) >= 11 is 3.30. The molecule has 2 aromatic rings. The van der Waals surface area contributed by atoms with E-state index >= 15 is 0 Å². The Bertz CT molecular complexity index is 633. The minimum atomic E-state index is -3.47. The minimum absolute atomic E-state index is 0.269. The summed E-state index contributed by atoms with van der Waals surface area (Å²) in [7, 11) is -3.47. The van der Waals surface area contributed by atoms with Crippen LogP contribution in [0.3, 0.4) is 0 Å². The van der Waals surface area contributed by atoms with E-state index in [9.17, 15) is 8.42 Å². The van der Waals surface area contributed by atoms with Gasteiger partial charge in [0.2, 0.25) is 10.0 Å². The molecule has 19 heavy (non-hydrogen) atoms. The van der Waals surface area contributed by atoms with E-state index in [1.54, 1.807) is 30.9 Å². The first kappa shape index (κ1) is 14.2. The second kappa shape index (κ2) is 5.85. The van der Waals surface area contributed by atoms with E-state index in [2.05, 4.69) is 25.6 Å². The van der Waals surface area contributed by atoms with Gasteiger partial charge in [-0.1, -0.05) is 15.9 Å². The number of rotatable bonds is 5. The maximum Gasteiger partial charge on any atom is 0.240 e. The fourth-order valence-corrected chi connectivity index (χ4v) is 3.58. The van der Waals surface area contributed by atoms with Crippen LogP contribution in [-0.2, 0) is 16.6 Å². The van der Waals surface area contributed by atoms with Gasteiger partial charge in [-0.05, 0) is 30.7 Å². The molecule has 0 amide bonds. The lowest BCUT2D eigenvalue weighted by atomic mass is 10.2. The molecule has 1 aromatic carbocycles. The number of nitrogens with one attached hydrogen (secondary N) is 1. The Morgan fingerprint density at radius 1 is 1.37 bits per heavy atom. The Labute approximate surface area is 120 Å². The molecule has 1 aromatic heterocycles. The average Bonchev–Trinajstić information content (AvgIpc) is 2.80. The van der Waals surface area contributed by atoms with Crippen LogP contribution < -0.4 is 4.72 Å². The van der Waals surface area contributed by atoms with Gasteiger partial charge in [0.1, 0.15) is 0 Å². The third-order valence-corrected chi connectivity index (χ3v) is 4.45. The first-order chi connectivity index (χ1) is 8.97. The Kier molecular flexibility index (Phi) is 4.38. The van der Waals surface area contributed by atoms with Crippen LogP contribution in [0, 0.1) is 6.92 Å². The van der Waals surface area contributed by atoms with Crippen LogP contribution in [0.25, 0.3) is 0 Å². The summed E-state index contributed by atoms with van der Waals surface area (Å²) in [6, 6.07) is 5.10. The lowest BCUT2D eigenvalue weighted by Gasteiger charge is -2.08. The van der Waals surface area contributed by atoms with Crippen LogP contribution in [0.1, 0.15) is 5.56 Å². The van der Waals surface area contributed by atoms with Crippen molar-refractivity contribution in [3.05, 3.63) is 47.0 Å². The fourth-order valence-electron chi connectivity index (χ4n) is 1.67. The maximum atomic E-state index is 12.1. The predicted molar refractivity (Wildman–Crippen MR) is 76.3 cm³/mol. The molecular weight excluding hydrogens is 330 g/mol. The number of halogens is 1. The van der Waals surface area contributed by atoms with E-state index in [4.69, 9.17) is 0 Å². The molecule has 0 unspecified atom stereocenters. The molecule has 0 saturated heterocycles. The largest absolute Gasteiger partial charge is 0.336 e. The zero-order valence-corrected chi connectivity index (χ0v) is 12.8. The molecule has 0 bridgehead atoms. The highest BCUT2D eigenvalue weighted by Crippen LogP contribution is 2.18. The molecule has 0 spiro atoms. The van der Waals surface area contributed by atoms with Crippen molar-refractivity contribution < 1.29 is 8.42 Å². The molecule has 0 aliphatic heterocycles. The van der Waals surface area contributed by atoms with Crippen molar-refractivity contribution >= 4 is 26.0 Å². The predicted octanol–water partition coefficient (Wildman–Crippen LogP) is 1.93. The minimum Gasteiger partial charge on any atom is -0.336 e. The smallest absolute Gasteiger partial charge is 0.240 e. The standard InChI is InChI=1S/C12H14BrN3O2S/c1-10-6-11(13)8-12(7-10)19(17,18)15-3-5-16-4-2-14-9-16/h2,4,6-9,15H,3,5H2,1H3. The molecule has 1 heterocycles. The van der Waals surface area contributed by atoms with Gasteiger partial charge in [0, 0.05) is 30.0 Å². The monoisotopic (exact) mass is 343 g/mol. The topological polar surface area (TPSA) is 64.0 Å².